The van der Waals surface area contributed by atoms with E-state index in [0.717, 1.165) is 16.9 Å². The van der Waals surface area contributed by atoms with Crippen LogP contribution in [0.3, 0.4) is 0 Å². The molecule has 4 heteroatoms. The summed E-state index contributed by atoms with van der Waals surface area (Å²) in [7, 11) is 3.46. The van der Waals surface area contributed by atoms with E-state index in [1.54, 1.807) is 36.2 Å². The summed E-state index contributed by atoms with van der Waals surface area (Å²) in [6.45, 7) is 0. The quantitative estimate of drug-likeness (QED) is 0.766. The molecule has 2 rings (SSSR count). The first-order valence-corrected chi connectivity index (χ1v) is 4.81. The largest absolute Gasteiger partial charge is 0.496 e. The Labute approximate surface area is 93.7 Å². The minimum atomic E-state index is 0.611. The molecule has 0 aliphatic carbocycles. The number of nitriles is 1. The molecular weight excluding hydrogens is 202 g/mol. The molecule has 0 saturated carbocycles. The molecule has 0 atom stereocenters. The van der Waals surface area contributed by atoms with Gasteiger partial charge in [-0.2, -0.15) is 10.4 Å². The molecule has 0 aliphatic heterocycles. The van der Waals surface area contributed by atoms with Crippen LogP contribution in [0.4, 0.5) is 0 Å². The third-order valence-electron chi connectivity index (χ3n) is 2.34. The van der Waals surface area contributed by atoms with Crippen molar-refractivity contribution in [3.05, 3.63) is 36.2 Å². The lowest BCUT2D eigenvalue weighted by Gasteiger charge is -2.06. The number of aryl methyl sites for hydroxylation is 1. The highest BCUT2D eigenvalue weighted by Gasteiger charge is 2.08. The van der Waals surface area contributed by atoms with Crippen molar-refractivity contribution < 1.29 is 4.74 Å². The molecule has 0 amide bonds. The van der Waals surface area contributed by atoms with Gasteiger partial charge in [-0.05, 0) is 18.2 Å². The third-order valence-corrected chi connectivity index (χ3v) is 2.34. The summed E-state index contributed by atoms with van der Waals surface area (Å²) in [6, 6.07) is 7.44. The van der Waals surface area contributed by atoms with Gasteiger partial charge in [-0.15, -0.1) is 0 Å². The fraction of sp³-hybridized carbons (Fsp3) is 0.167. The average Bonchev–Trinajstić information content (AvgIpc) is 2.75. The van der Waals surface area contributed by atoms with Gasteiger partial charge in [0.2, 0.25) is 0 Å². The second-order valence-corrected chi connectivity index (χ2v) is 3.43. The van der Waals surface area contributed by atoms with E-state index in [9.17, 15) is 0 Å². The molecule has 80 valence electrons. The van der Waals surface area contributed by atoms with Gasteiger partial charge < -0.3 is 4.74 Å². The second-order valence-electron chi connectivity index (χ2n) is 3.43. The van der Waals surface area contributed by atoms with Gasteiger partial charge in [-0.25, -0.2) is 0 Å². The number of benzene rings is 1. The first-order valence-electron chi connectivity index (χ1n) is 4.81. The Balaban J connectivity index is 2.57. The van der Waals surface area contributed by atoms with E-state index >= 15 is 0 Å². The number of ether oxygens (including phenoxy) is 1. The van der Waals surface area contributed by atoms with Crippen molar-refractivity contribution in [2.45, 2.75) is 0 Å². The van der Waals surface area contributed by atoms with Crippen LogP contribution in [0.5, 0.6) is 5.75 Å². The van der Waals surface area contributed by atoms with Gasteiger partial charge in [0.25, 0.3) is 0 Å². The molecule has 1 aromatic carbocycles. The lowest BCUT2D eigenvalue weighted by Crippen LogP contribution is -1.88. The van der Waals surface area contributed by atoms with E-state index < -0.39 is 0 Å². The molecule has 0 unspecified atom stereocenters. The normalized spacial score (nSPS) is 9.81. The van der Waals surface area contributed by atoms with Gasteiger partial charge in [0.15, 0.2) is 0 Å². The predicted molar refractivity (Wildman–Crippen MR) is 59.9 cm³/mol. The summed E-state index contributed by atoms with van der Waals surface area (Å²) >= 11 is 0. The Hall–Kier alpha value is -2.28. The van der Waals surface area contributed by atoms with E-state index in [-0.39, 0.29) is 0 Å². The molecule has 4 nitrogen and oxygen atoms in total. The zero-order chi connectivity index (χ0) is 11.5. The van der Waals surface area contributed by atoms with Crippen LogP contribution in [-0.4, -0.2) is 16.9 Å². The van der Waals surface area contributed by atoms with Crippen molar-refractivity contribution in [3.8, 4) is 22.9 Å². The third kappa shape index (κ3) is 1.75. The fourth-order valence-electron chi connectivity index (χ4n) is 1.56. The number of methoxy groups -OCH3 is 1. The van der Waals surface area contributed by atoms with Gasteiger partial charge in [-0.3, -0.25) is 4.68 Å². The zero-order valence-electron chi connectivity index (χ0n) is 9.14. The summed E-state index contributed by atoms with van der Waals surface area (Å²) in [6.07, 6.45) is 3.64. The SMILES string of the molecule is COc1ccc(C#N)cc1-c1cnn(C)c1. The number of aromatic nitrogens is 2. The summed E-state index contributed by atoms with van der Waals surface area (Å²) in [5.41, 5.74) is 2.44. The molecule has 0 radical (unpaired) electrons. The minimum Gasteiger partial charge on any atom is -0.496 e. The first-order chi connectivity index (χ1) is 7.74. The molecule has 0 bridgehead atoms. The van der Waals surface area contributed by atoms with Crippen LogP contribution >= 0.6 is 0 Å². The molecule has 16 heavy (non-hydrogen) atoms. The number of hydrogen-bond donors (Lipinski definition) is 0. The van der Waals surface area contributed by atoms with Crippen molar-refractivity contribution in [3.63, 3.8) is 0 Å². The molecule has 0 spiro atoms. The van der Waals surface area contributed by atoms with Crippen LogP contribution in [0.15, 0.2) is 30.6 Å². The molecule has 0 saturated heterocycles. The summed E-state index contributed by atoms with van der Waals surface area (Å²) in [5.74, 6) is 0.743. The average molecular weight is 213 g/mol. The molecule has 0 fully saturated rings. The Morgan fingerprint density at radius 3 is 2.81 bits per heavy atom. The van der Waals surface area contributed by atoms with Gasteiger partial charge in [0.1, 0.15) is 5.75 Å². The van der Waals surface area contributed by atoms with E-state index in [4.69, 9.17) is 10.00 Å². The topological polar surface area (TPSA) is 50.8 Å². The highest BCUT2D eigenvalue weighted by atomic mass is 16.5. The maximum atomic E-state index is 8.87. The fourth-order valence-corrected chi connectivity index (χ4v) is 1.56. The van der Waals surface area contributed by atoms with Crippen LogP contribution in [0.25, 0.3) is 11.1 Å². The summed E-state index contributed by atoms with van der Waals surface area (Å²) in [5, 5.41) is 13.0. The maximum absolute atomic E-state index is 8.87. The van der Waals surface area contributed by atoms with Crippen molar-refractivity contribution >= 4 is 0 Å². The standard InChI is InChI=1S/C12H11N3O/c1-15-8-10(7-14-15)11-5-9(6-13)3-4-12(11)16-2/h3-5,7-8H,1-2H3. The van der Waals surface area contributed by atoms with Crippen LogP contribution in [-0.2, 0) is 7.05 Å². The zero-order valence-corrected chi connectivity index (χ0v) is 9.14. The molecular formula is C12H11N3O. The van der Waals surface area contributed by atoms with Crippen LogP contribution < -0.4 is 4.74 Å². The predicted octanol–water partition coefficient (Wildman–Crippen LogP) is 1.97. The van der Waals surface area contributed by atoms with Gasteiger partial charge in [0.05, 0.1) is 24.9 Å². The highest BCUT2D eigenvalue weighted by molar-refractivity contribution is 5.71. The molecule has 2 aromatic rings. The van der Waals surface area contributed by atoms with Gasteiger partial charge >= 0.3 is 0 Å². The van der Waals surface area contributed by atoms with E-state index in [1.807, 2.05) is 13.2 Å². The van der Waals surface area contributed by atoms with E-state index in [2.05, 4.69) is 11.2 Å². The molecule has 1 aromatic heterocycles. The molecule has 0 N–H and O–H groups in total. The smallest absolute Gasteiger partial charge is 0.126 e. The Morgan fingerprint density at radius 2 is 2.25 bits per heavy atom. The Bertz CT molecular complexity index is 552. The minimum absolute atomic E-state index is 0.611. The highest BCUT2D eigenvalue weighted by Crippen LogP contribution is 2.30. The maximum Gasteiger partial charge on any atom is 0.126 e. The Kier molecular flexibility index (Phi) is 2.61. The lowest BCUT2D eigenvalue weighted by atomic mass is 10.1. The Morgan fingerprint density at radius 1 is 1.44 bits per heavy atom. The van der Waals surface area contributed by atoms with Crippen molar-refractivity contribution in [1.29, 1.82) is 5.26 Å². The number of nitrogens with zero attached hydrogens (tertiary/aromatic N) is 3. The summed E-state index contributed by atoms with van der Waals surface area (Å²) in [4.78, 5) is 0. The van der Waals surface area contributed by atoms with Gasteiger partial charge in [-0.1, -0.05) is 0 Å². The molecule has 0 aliphatic rings. The molecule has 1 heterocycles. The number of hydrogen-bond acceptors (Lipinski definition) is 3. The van der Waals surface area contributed by atoms with Crippen molar-refractivity contribution in [2.75, 3.05) is 7.11 Å². The monoisotopic (exact) mass is 213 g/mol. The van der Waals surface area contributed by atoms with Gasteiger partial charge in [0, 0.05) is 24.4 Å². The van der Waals surface area contributed by atoms with Crippen LogP contribution in [0.1, 0.15) is 5.56 Å². The van der Waals surface area contributed by atoms with Crippen molar-refractivity contribution in [1.82, 2.24) is 9.78 Å². The van der Waals surface area contributed by atoms with E-state index in [1.165, 1.54) is 0 Å². The van der Waals surface area contributed by atoms with E-state index in [0.29, 0.717) is 5.56 Å². The first kappa shape index (κ1) is 10.2. The van der Waals surface area contributed by atoms with Crippen LogP contribution in [0, 0.1) is 11.3 Å². The number of rotatable bonds is 2. The second kappa shape index (κ2) is 4.07. The lowest BCUT2D eigenvalue weighted by molar-refractivity contribution is 0.416. The summed E-state index contributed by atoms with van der Waals surface area (Å²) < 4.78 is 6.98. The van der Waals surface area contributed by atoms with Crippen molar-refractivity contribution in [2.24, 2.45) is 7.05 Å². The van der Waals surface area contributed by atoms with Crippen LogP contribution in [0.2, 0.25) is 0 Å².